The summed E-state index contributed by atoms with van der Waals surface area (Å²) in [4.78, 5) is 74.9. The molecule has 2 aromatic rings. The van der Waals surface area contributed by atoms with Gasteiger partial charge in [-0.25, -0.2) is 4.79 Å². The summed E-state index contributed by atoms with van der Waals surface area (Å²) >= 11 is 0. The monoisotopic (exact) mass is 865 g/mol. The van der Waals surface area contributed by atoms with Gasteiger partial charge in [0.1, 0.15) is 12.1 Å². The van der Waals surface area contributed by atoms with E-state index in [2.05, 4.69) is 10.6 Å². The van der Waals surface area contributed by atoms with Crippen LogP contribution in [-0.2, 0) is 51.0 Å². The highest BCUT2D eigenvalue weighted by Crippen LogP contribution is 2.30. The lowest BCUT2D eigenvalue weighted by Crippen LogP contribution is -2.60. The molecule has 4 amide bonds. The summed E-state index contributed by atoms with van der Waals surface area (Å²) in [6.45, 7) is 14.8. The molecule has 1 fully saturated rings. The molecular weight excluding hydrogens is 789 g/mol. The van der Waals surface area contributed by atoms with Gasteiger partial charge in [0.25, 0.3) is 0 Å². The summed E-state index contributed by atoms with van der Waals surface area (Å²) in [5.74, 6) is -2.59. The van der Waals surface area contributed by atoms with Crippen LogP contribution in [0.15, 0.2) is 54.6 Å². The molecule has 1 heterocycles. The van der Waals surface area contributed by atoms with Crippen LogP contribution in [0.3, 0.4) is 0 Å². The van der Waals surface area contributed by atoms with E-state index in [-0.39, 0.29) is 54.2 Å². The highest BCUT2D eigenvalue weighted by atomic mass is 16.5. The van der Waals surface area contributed by atoms with Crippen molar-refractivity contribution < 1.29 is 38.2 Å². The molecule has 14 nitrogen and oxygen atoms in total. The van der Waals surface area contributed by atoms with E-state index in [0.717, 1.165) is 24.0 Å². The largest absolute Gasteiger partial charge is 0.467 e. The van der Waals surface area contributed by atoms with Gasteiger partial charge >= 0.3 is 5.97 Å². The number of benzene rings is 2. The Labute approximate surface area is 370 Å². The third-order valence-corrected chi connectivity index (χ3v) is 12.7. The second-order valence-corrected chi connectivity index (χ2v) is 17.8. The highest BCUT2D eigenvalue weighted by Gasteiger charge is 2.43. The summed E-state index contributed by atoms with van der Waals surface area (Å²) in [5, 5.41) is 5.99. The van der Waals surface area contributed by atoms with Crippen molar-refractivity contribution in [2.24, 2.45) is 23.7 Å². The van der Waals surface area contributed by atoms with Crippen molar-refractivity contribution in [3.63, 3.8) is 0 Å². The standard InChI is InChI=1S/C48H76N6O8/c1-13-32(6)43(53(9)47(58)41(30(2)3)51-46(57)42(31(4)5)52(8)27-25-34-21-23-36(49)24-22-34)39(60-10)29-40(55)54-26-17-20-38(54)44(61-11)33(7)45(56)50-37(48(59)62-12)28-35-18-15-14-16-19-35/h14-16,18-19,21-24,30-33,37-39,41-44H,13,17,20,25-29,49H2,1-12H3,(H,50,56)(H,51,57)/t32-,33+,37-,38-,39+,41-,42?,43?,44+/m0/s1. The third kappa shape index (κ3) is 14.0. The molecule has 4 N–H and O–H groups in total. The van der Waals surface area contributed by atoms with Gasteiger partial charge in [0.05, 0.1) is 49.8 Å². The summed E-state index contributed by atoms with van der Waals surface area (Å²) in [7, 11) is 8.04. The number of anilines is 1. The lowest BCUT2D eigenvalue weighted by atomic mass is 9.89. The van der Waals surface area contributed by atoms with Crippen molar-refractivity contribution in [3.05, 3.63) is 65.7 Å². The second kappa shape index (κ2) is 24.9. The number of amides is 4. The molecule has 0 bridgehead atoms. The van der Waals surface area contributed by atoms with E-state index in [0.29, 0.717) is 31.6 Å². The van der Waals surface area contributed by atoms with E-state index >= 15 is 0 Å². The summed E-state index contributed by atoms with van der Waals surface area (Å²) in [6.07, 6.45) is 1.72. The number of nitrogens with zero attached hydrogens (tertiary/aromatic N) is 3. The molecular formula is C48H76N6O8. The number of ether oxygens (including phenoxy) is 3. The van der Waals surface area contributed by atoms with Crippen LogP contribution in [0.25, 0.3) is 0 Å². The number of rotatable bonds is 24. The van der Waals surface area contributed by atoms with Gasteiger partial charge in [-0.1, -0.05) is 97.4 Å². The van der Waals surface area contributed by atoms with Crippen LogP contribution in [0.2, 0.25) is 0 Å². The predicted octanol–water partition coefficient (Wildman–Crippen LogP) is 4.73. The fourth-order valence-corrected chi connectivity index (χ4v) is 8.91. The first-order chi connectivity index (χ1) is 29.4. The van der Waals surface area contributed by atoms with E-state index in [1.807, 2.05) is 108 Å². The minimum atomic E-state index is -0.900. The maximum absolute atomic E-state index is 14.6. The quantitative estimate of drug-likeness (QED) is 0.0990. The van der Waals surface area contributed by atoms with Crippen molar-refractivity contribution in [2.75, 3.05) is 54.2 Å². The number of methoxy groups -OCH3 is 3. The zero-order valence-electron chi connectivity index (χ0n) is 39.4. The Bertz CT molecular complexity index is 1730. The first-order valence-corrected chi connectivity index (χ1v) is 22.3. The van der Waals surface area contributed by atoms with Crippen LogP contribution in [0.4, 0.5) is 5.69 Å². The van der Waals surface area contributed by atoms with Gasteiger partial charge in [0.15, 0.2) is 0 Å². The second-order valence-electron chi connectivity index (χ2n) is 17.8. The van der Waals surface area contributed by atoms with Crippen LogP contribution >= 0.6 is 0 Å². The summed E-state index contributed by atoms with van der Waals surface area (Å²) < 4.78 is 17.1. The van der Waals surface area contributed by atoms with Crippen molar-refractivity contribution in [1.29, 1.82) is 0 Å². The fourth-order valence-electron chi connectivity index (χ4n) is 8.91. The van der Waals surface area contributed by atoms with E-state index in [4.69, 9.17) is 19.9 Å². The lowest BCUT2D eigenvalue weighted by Gasteiger charge is -2.41. The summed E-state index contributed by atoms with van der Waals surface area (Å²) in [6, 6.07) is 14.0. The van der Waals surface area contributed by atoms with Crippen molar-refractivity contribution in [3.8, 4) is 0 Å². The Morgan fingerprint density at radius 1 is 0.839 bits per heavy atom. The first kappa shape index (κ1) is 51.8. The summed E-state index contributed by atoms with van der Waals surface area (Å²) in [5.41, 5.74) is 8.56. The van der Waals surface area contributed by atoms with Crippen LogP contribution in [0.5, 0.6) is 0 Å². The molecule has 0 spiro atoms. The Kier molecular flexibility index (Phi) is 20.8. The number of likely N-dealkylation sites (N-methyl/N-ethyl adjacent to an activating group) is 2. The molecule has 0 saturated carbocycles. The fraction of sp³-hybridized carbons (Fsp3) is 0.646. The molecule has 62 heavy (non-hydrogen) atoms. The van der Waals surface area contributed by atoms with E-state index in [9.17, 15) is 24.0 Å². The topological polar surface area (TPSA) is 173 Å². The van der Waals surface area contributed by atoms with E-state index in [1.54, 1.807) is 30.9 Å². The predicted molar refractivity (Wildman–Crippen MR) is 243 cm³/mol. The lowest BCUT2D eigenvalue weighted by molar-refractivity contribution is -0.149. The molecule has 3 rings (SSSR count). The van der Waals surface area contributed by atoms with Gasteiger partial charge in [-0.05, 0) is 67.3 Å². The van der Waals surface area contributed by atoms with Gasteiger partial charge in [-0.2, -0.15) is 0 Å². The number of carbonyl (C=O) groups is 5. The van der Waals surface area contributed by atoms with Crippen LogP contribution in [-0.4, -0.2) is 135 Å². The van der Waals surface area contributed by atoms with Gasteiger partial charge in [0, 0.05) is 46.5 Å². The normalized spacial score (nSPS) is 18.0. The Morgan fingerprint density at radius 2 is 1.48 bits per heavy atom. The highest BCUT2D eigenvalue weighted by molar-refractivity contribution is 5.90. The number of nitrogens with two attached hydrogens (primary N) is 1. The van der Waals surface area contributed by atoms with Crippen molar-refractivity contribution in [1.82, 2.24) is 25.3 Å². The van der Waals surface area contributed by atoms with Crippen molar-refractivity contribution in [2.45, 2.75) is 129 Å². The number of esters is 1. The molecule has 346 valence electrons. The van der Waals surface area contributed by atoms with E-state index < -0.39 is 54.3 Å². The average Bonchev–Trinajstić information content (AvgIpc) is 3.74. The maximum Gasteiger partial charge on any atom is 0.328 e. The molecule has 1 aliphatic rings. The van der Waals surface area contributed by atoms with Gasteiger partial charge in [-0.15, -0.1) is 0 Å². The molecule has 0 aromatic heterocycles. The minimum absolute atomic E-state index is 0.00887. The van der Waals surface area contributed by atoms with E-state index in [1.165, 1.54) is 14.2 Å². The number of hydrogen-bond donors (Lipinski definition) is 3. The average molecular weight is 865 g/mol. The Morgan fingerprint density at radius 3 is 2.03 bits per heavy atom. The first-order valence-electron chi connectivity index (χ1n) is 22.3. The molecule has 0 radical (unpaired) electrons. The third-order valence-electron chi connectivity index (χ3n) is 12.7. The van der Waals surface area contributed by atoms with Crippen molar-refractivity contribution >= 4 is 35.3 Å². The molecule has 2 aromatic carbocycles. The maximum atomic E-state index is 14.6. The molecule has 0 aliphatic carbocycles. The molecule has 2 unspecified atom stereocenters. The zero-order valence-corrected chi connectivity index (χ0v) is 39.4. The molecule has 9 atom stereocenters. The van der Waals surface area contributed by atoms with Gasteiger partial charge < -0.3 is 40.4 Å². The number of likely N-dealkylation sites (tertiary alicyclic amines) is 1. The minimum Gasteiger partial charge on any atom is -0.467 e. The number of hydrogen-bond acceptors (Lipinski definition) is 10. The molecule has 1 saturated heterocycles. The van der Waals surface area contributed by atoms with Gasteiger partial charge in [0.2, 0.25) is 23.6 Å². The van der Waals surface area contributed by atoms with Crippen LogP contribution in [0.1, 0.15) is 85.3 Å². The molecule has 14 heteroatoms. The van der Waals surface area contributed by atoms with Crippen LogP contribution < -0.4 is 16.4 Å². The Hall–Kier alpha value is -4.53. The molecule has 1 aliphatic heterocycles. The number of carbonyl (C=O) groups excluding carboxylic acids is 5. The number of nitrogen functional groups attached to an aromatic ring is 1. The van der Waals surface area contributed by atoms with Crippen LogP contribution in [0, 0.1) is 23.7 Å². The Balaban J connectivity index is 1.77. The zero-order chi connectivity index (χ0) is 46.3. The SMILES string of the molecule is CC[C@H](C)C([C@@H](CC(=O)N1CCC[C@H]1[C@H](OC)[C@@H](C)C(=O)N[C@@H](Cc1ccccc1)C(=O)OC)OC)N(C)C(=O)[C@@H](NC(=O)C(C(C)C)N(C)CCc1ccc(N)cc1)C(C)C. The van der Waals surface area contributed by atoms with Gasteiger partial charge in [-0.3, -0.25) is 24.1 Å². The number of nitrogens with one attached hydrogen (secondary N) is 2. The smallest absolute Gasteiger partial charge is 0.328 e.